The highest BCUT2D eigenvalue weighted by Gasteiger charge is 2.41. The van der Waals surface area contributed by atoms with Crippen LogP contribution in [-0.4, -0.2) is 56.8 Å². The Morgan fingerprint density at radius 2 is 1.77 bits per heavy atom. The third kappa shape index (κ3) is 5.56. The summed E-state index contributed by atoms with van der Waals surface area (Å²) in [5.41, 5.74) is 5.54. The van der Waals surface area contributed by atoms with Gasteiger partial charge in [-0.15, -0.1) is 0 Å². The molecule has 0 bridgehead atoms. The molecule has 0 aliphatic carbocycles. The molecule has 2 N–H and O–H groups in total. The second-order valence-corrected chi connectivity index (χ2v) is 13.7. The van der Waals surface area contributed by atoms with Crippen molar-refractivity contribution in [1.82, 2.24) is 9.97 Å². The lowest BCUT2D eigenvalue weighted by Crippen LogP contribution is -2.49. The van der Waals surface area contributed by atoms with E-state index in [1.165, 1.54) is 0 Å². The van der Waals surface area contributed by atoms with E-state index in [1.54, 1.807) is 6.07 Å². The zero-order valence-corrected chi connectivity index (χ0v) is 18.3. The molecule has 1 fully saturated rings. The average molecular weight is 383 g/mol. The fraction of sp³-hybridized carbons (Fsp3) is 0.778. The Hall–Kier alpha value is -1.38. The first-order chi connectivity index (χ1) is 11.9. The van der Waals surface area contributed by atoms with Crippen LogP contribution in [0, 0.1) is 0 Å². The molecule has 0 spiro atoms. The van der Waals surface area contributed by atoms with Crippen molar-refractivity contribution in [2.75, 3.05) is 43.5 Å². The maximum atomic E-state index is 6.50. The summed E-state index contributed by atoms with van der Waals surface area (Å²) in [6, 6.07) is 1.66. The van der Waals surface area contributed by atoms with Gasteiger partial charge >= 0.3 is 0 Å². The van der Waals surface area contributed by atoms with Crippen molar-refractivity contribution in [3.63, 3.8) is 0 Å². The highest BCUT2D eigenvalue weighted by atomic mass is 28.4. The van der Waals surface area contributed by atoms with Gasteiger partial charge in [0.15, 0.2) is 8.32 Å². The predicted molar refractivity (Wildman–Crippen MR) is 107 cm³/mol. The minimum Gasteiger partial charge on any atom is -0.474 e. The first kappa shape index (κ1) is 20.9. The van der Waals surface area contributed by atoms with Gasteiger partial charge < -0.3 is 24.5 Å². The molecule has 0 radical (unpaired) electrons. The zero-order valence-electron chi connectivity index (χ0n) is 17.3. The minimum atomic E-state index is -1.89. The van der Waals surface area contributed by atoms with Crippen LogP contribution in [0.4, 0.5) is 11.8 Å². The topological polar surface area (TPSA) is 82.7 Å². The van der Waals surface area contributed by atoms with Crippen LogP contribution in [0.2, 0.25) is 18.1 Å². The predicted octanol–water partition coefficient (Wildman–Crippen LogP) is 3.07. The van der Waals surface area contributed by atoms with Gasteiger partial charge in [0, 0.05) is 19.2 Å². The molecular formula is C18H34N4O3Si. The van der Waals surface area contributed by atoms with E-state index >= 15 is 0 Å². The van der Waals surface area contributed by atoms with E-state index in [2.05, 4.69) is 62.6 Å². The fourth-order valence-electron chi connectivity index (χ4n) is 2.53. The molecule has 26 heavy (non-hydrogen) atoms. The largest absolute Gasteiger partial charge is 0.474 e. The average Bonchev–Trinajstić information content (AvgIpc) is 2.51. The number of morpholine rings is 1. The summed E-state index contributed by atoms with van der Waals surface area (Å²) >= 11 is 0. The van der Waals surface area contributed by atoms with Gasteiger partial charge in [-0.1, -0.05) is 20.8 Å². The number of rotatable bonds is 6. The summed E-state index contributed by atoms with van der Waals surface area (Å²) in [7, 11) is -1.89. The van der Waals surface area contributed by atoms with E-state index in [0.29, 0.717) is 37.5 Å². The number of aromatic nitrogens is 2. The van der Waals surface area contributed by atoms with Gasteiger partial charge in [0.05, 0.1) is 18.8 Å². The van der Waals surface area contributed by atoms with Crippen LogP contribution in [-0.2, 0) is 9.16 Å². The molecule has 1 aromatic rings. The molecule has 1 aliphatic rings. The summed E-state index contributed by atoms with van der Waals surface area (Å²) < 4.78 is 17.8. The Bertz CT molecular complexity index is 611. The lowest BCUT2D eigenvalue weighted by atomic mass is 10.2. The van der Waals surface area contributed by atoms with Crippen LogP contribution in [0.1, 0.15) is 34.6 Å². The van der Waals surface area contributed by atoms with Gasteiger partial charge in [0.2, 0.25) is 11.8 Å². The van der Waals surface area contributed by atoms with Crippen molar-refractivity contribution in [2.24, 2.45) is 0 Å². The lowest BCUT2D eigenvalue weighted by molar-refractivity contribution is 0.0374. The van der Waals surface area contributed by atoms with E-state index in [4.69, 9.17) is 19.6 Å². The van der Waals surface area contributed by atoms with Gasteiger partial charge in [-0.2, -0.15) is 9.97 Å². The van der Waals surface area contributed by atoms with Crippen molar-refractivity contribution in [1.29, 1.82) is 0 Å². The molecule has 1 aromatic heterocycles. The first-order valence-electron chi connectivity index (χ1n) is 9.20. The van der Waals surface area contributed by atoms with E-state index in [9.17, 15) is 0 Å². The SMILES string of the molecule is CC(C)(COc1cc(N)nc(N2CCOCC2)n1)O[Si](C)(C)C(C)(C)C. The van der Waals surface area contributed by atoms with Crippen LogP contribution in [0.3, 0.4) is 0 Å². The van der Waals surface area contributed by atoms with Crippen LogP contribution in [0.5, 0.6) is 5.88 Å². The third-order valence-electron chi connectivity index (χ3n) is 4.91. The second kappa shape index (κ2) is 7.70. The number of anilines is 2. The number of nitrogens with two attached hydrogens (primary N) is 1. The Kier molecular flexibility index (Phi) is 6.19. The number of nitrogens with zero attached hydrogens (tertiary/aromatic N) is 3. The molecule has 1 aliphatic heterocycles. The van der Waals surface area contributed by atoms with Gasteiger partial charge in [-0.05, 0) is 32.0 Å². The van der Waals surface area contributed by atoms with Crippen molar-refractivity contribution in [2.45, 2.75) is 58.4 Å². The molecule has 0 atom stereocenters. The lowest BCUT2D eigenvalue weighted by Gasteiger charge is -2.42. The van der Waals surface area contributed by atoms with Crippen molar-refractivity contribution >= 4 is 20.1 Å². The molecule has 0 saturated carbocycles. The molecule has 2 rings (SSSR count). The molecule has 2 heterocycles. The van der Waals surface area contributed by atoms with Gasteiger partial charge in [-0.25, -0.2) is 0 Å². The molecule has 7 nitrogen and oxygen atoms in total. The second-order valence-electron chi connectivity index (χ2n) is 8.94. The molecular weight excluding hydrogens is 348 g/mol. The Labute approximate surface area is 158 Å². The summed E-state index contributed by atoms with van der Waals surface area (Å²) in [6.45, 7) is 18.5. The summed E-state index contributed by atoms with van der Waals surface area (Å²) in [5, 5.41) is 0.146. The highest BCUT2D eigenvalue weighted by molar-refractivity contribution is 6.74. The van der Waals surface area contributed by atoms with E-state index in [-0.39, 0.29) is 5.04 Å². The van der Waals surface area contributed by atoms with Gasteiger partial charge in [0.25, 0.3) is 0 Å². The number of nitrogen functional groups attached to an aromatic ring is 1. The summed E-state index contributed by atoms with van der Waals surface area (Å²) in [4.78, 5) is 10.9. The Morgan fingerprint density at radius 3 is 2.35 bits per heavy atom. The van der Waals surface area contributed by atoms with E-state index in [1.807, 2.05) is 0 Å². The minimum absolute atomic E-state index is 0.146. The number of hydrogen-bond donors (Lipinski definition) is 1. The van der Waals surface area contributed by atoms with Crippen LogP contribution < -0.4 is 15.4 Å². The number of hydrogen-bond acceptors (Lipinski definition) is 7. The number of ether oxygens (including phenoxy) is 2. The molecule has 0 unspecified atom stereocenters. The van der Waals surface area contributed by atoms with Crippen LogP contribution >= 0.6 is 0 Å². The van der Waals surface area contributed by atoms with Crippen molar-refractivity contribution < 1.29 is 13.9 Å². The van der Waals surface area contributed by atoms with Crippen molar-refractivity contribution in [3.8, 4) is 5.88 Å². The summed E-state index contributed by atoms with van der Waals surface area (Å²) in [6.07, 6.45) is 0. The van der Waals surface area contributed by atoms with Gasteiger partial charge in [-0.3, -0.25) is 0 Å². The first-order valence-corrected chi connectivity index (χ1v) is 12.1. The smallest absolute Gasteiger partial charge is 0.230 e. The molecule has 0 amide bonds. The quantitative estimate of drug-likeness (QED) is 0.757. The molecule has 0 aromatic carbocycles. The fourth-order valence-corrected chi connectivity index (χ4v) is 4.28. The summed E-state index contributed by atoms with van der Waals surface area (Å²) in [5.74, 6) is 1.47. The maximum absolute atomic E-state index is 6.50. The molecule has 148 valence electrons. The maximum Gasteiger partial charge on any atom is 0.230 e. The van der Waals surface area contributed by atoms with Crippen LogP contribution in [0.25, 0.3) is 0 Å². The highest BCUT2D eigenvalue weighted by Crippen LogP contribution is 2.39. The zero-order chi connectivity index (χ0) is 19.6. The van der Waals surface area contributed by atoms with E-state index < -0.39 is 13.9 Å². The van der Waals surface area contributed by atoms with Crippen molar-refractivity contribution in [3.05, 3.63) is 6.07 Å². The Morgan fingerprint density at radius 1 is 1.15 bits per heavy atom. The van der Waals surface area contributed by atoms with Gasteiger partial charge in [0.1, 0.15) is 12.4 Å². The standard InChI is InChI=1S/C18H34N4O3Si/c1-17(2,3)26(6,7)25-18(4,5)13-24-15-12-14(19)20-16(21-15)22-8-10-23-11-9-22/h12H,8-11,13H2,1-7H3,(H2,19,20,21). The van der Waals surface area contributed by atoms with E-state index in [0.717, 1.165) is 13.1 Å². The monoisotopic (exact) mass is 382 g/mol. The molecule has 1 saturated heterocycles. The molecule has 8 heteroatoms. The third-order valence-corrected chi connectivity index (χ3v) is 9.59. The van der Waals surface area contributed by atoms with Crippen LogP contribution in [0.15, 0.2) is 6.07 Å². The Balaban J connectivity index is 2.05. The normalized spacial score (nSPS) is 16.7.